The van der Waals surface area contributed by atoms with Gasteiger partial charge < -0.3 is 10.4 Å². The number of halogens is 1. The molecule has 0 bridgehead atoms. The van der Waals surface area contributed by atoms with Crippen LogP contribution in [0, 0.1) is 0 Å². The third-order valence-corrected chi connectivity index (χ3v) is 8.12. The van der Waals surface area contributed by atoms with Gasteiger partial charge in [0.15, 0.2) is 5.69 Å². The zero-order valence-electron chi connectivity index (χ0n) is 19.1. The van der Waals surface area contributed by atoms with E-state index in [1.54, 1.807) is 12.1 Å². The highest BCUT2D eigenvalue weighted by atomic mass is 35.5. The van der Waals surface area contributed by atoms with Crippen LogP contribution in [0.25, 0.3) is 10.9 Å². The number of hydrogen-bond acceptors (Lipinski definition) is 5. The Labute approximate surface area is 202 Å². The average molecular weight is 479 g/mol. The normalized spacial score (nSPS) is 19.5. The molecule has 2 aliphatic carbocycles. The van der Waals surface area contributed by atoms with Crippen molar-refractivity contribution in [3.05, 3.63) is 62.4 Å². The number of anilines is 1. The molecule has 1 atom stereocenters. The average Bonchev–Trinajstić information content (AvgIpc) is 3.46. The van der Waals surface area contributed by atoms with Crippen LogP contribution in [0.4, 0.5) is 5.69 Å². The molecule has 1 aromatic carbocycles. The van der Waals surface area contributed by atoms with Crippen molar-refractivity contribution in [2.24, 2.45) is 0 Å². The Kier molecular flexibility index (Phi) is 4.96. The molecule has 0 radical (unpaired) electrons. The van der Waals surface area contributed by atoms with Crippen LogP contribution >= 0.6 is 11.6 Å². The van der Waals surface area contributed by atoms with E-state index < -0.39 is 5.97 Å². The van der Waals surface area contributed by atoms with E-state index in [-0.39, 0.29) is 27.9 Å². The molecule has 3 aromatic rings. The second-order valence-corrected chi connectivity index (χ2v) is 10.5. The van der Waals surface area contributed by atoms with Crippen molar-refractivity contribution in [2.75, 3.05) is 5.32 Å². The quantitative estimate of drug-likeness (QED) is 0.476. The fourth-order valence-corrected chi connectivity index (χ4v) is 6.11. The first-order chi connectivity index (χ1) is 16.4. The van der Waals surface area contributed by atoms with E-state index in [1.807, 2.05) is 17.6 Å². The molecule has 3 heterocycles. The summed E-state index contributed by atoms with van der Waals surface area (Å²) in [6.07, 6.45) is 7.78. The molecule has 0 saturated heterocycles. The fourth-order valence-electron chi connectivity index (χ4n) is 5.96. The molecule has 7 nitrogen and oxygen atoms in total. The number of rotatable bonds is 5. The van der Waals surface area contributed by atoms with Gasteiger partial charge >= 0.3 is 5.97 Å². The Hall–Kier alpha value is -2.93. The Morgan fingerprint density at radius 1 is 1.21 bits per heavy atom. The largest absolute Gasteiger partial charge is 0.476 e. The summed E-state index contributed by atoms with van der Waals surface area (Å²) in [6.45, 7) is 2.72. The number of aromatic nitrogens is 3. The molecule has 2 N–H and O–H groups in total. The summed E-state index contributed by atoms with van der Waals surface area (Å²) < 4.78 is 1.91. The third kappa shape index (κ3) is 3.40. The second-order valence-electron chi connectivity index (χ2n) is 10.1. The molecule has 176 valence electrons. The number of carbonyl (C=O) groups is 1. The van der Waals surface area contributed by atoms with Gasteiger partial charge in [0.1, 0.15) is 11.0 Å². The van der Waals surface area contributed by atoms with Gasteiger partial charge in [0.2, 0.25) is 0 Å². The van der Waals surface area contributed by atoms with Crippen LogP contribution in [0.2, 0.25) is 5.15 Å². The molecule has 34 heavy (non-hydrogen) atoms. The fraction of sp³-hybridized carbons (Fsp3) is 0.462. The molecule has 1 spiro atoms. The van der Waals surface area contributed by atoms with Gasteiger partial charge in [-0.05, 0) is 68.7 Å². The molecule has 2 fully saturated rings. The van der Waals surface area contributed by atoms with E-state index in [2.05, 4.69) is 16.4 Å². The highest BCUT2D eigenvalue weighted by Crippen LogP contribution is 2.47. The van der Waals surface area contributed by atoms with E-state index in [1.165, 1.54) is 12.8 Å². The maximum absolute atomic E-state index is 13.7. The Bertz CT molecular complexity index is 1390. The topological polar surface area (TPSA) is 97.1 Å². The second kappa shape index (κ2) is 7.80. The first-order valence-electron chi connectivity index (χ1n) is 12.1. The van der Waals surface area contributed by atoms with Gasteiger partial charge in [-0.15, -0.1) is 0 Å². The van der Waals surface area contributed by atoms with E-state index in [0.717, 1.165) is 61.1 Å². The molecule has 6 rings (SSSR count). The van der Waals surface area contributed by atoms with E-state index in [9.17, 15) is 14.7 Å². The number of carboxylic acids is 1. The molecule has 2 saturated carbocycles. The Balaban J connectivity index is 1.51. The third-order valence-electron chi connectivity index (χ3n) is 7.91. The van der Waals surface area contributed by atoms with Gasteiger partial charge in [-0.1, -0.05) is 30.5 Å². The maximum atomic E-state index is 13.7. The van der Waals surface area contributed by atoms with E-state index >= 15 is 0 Å². The smallest absolute Gasteiger partial charge is 0.356 e. The molecular formula is C26H27ClN4O3. The summed E-state index contributed by atoms with van der Waals surface area (Å²) in [5.74, 6) is 0.265. The summed E-state index contributed by atoms with van der Waals surface area (Å²) in [5.41, 5.74) is 3.16. The van der Waals surface area contributed by atoms with Crippen LogP contribution in [0.15, 0.2) is 29.1 Å². The van der Waals surface area contributed by atoms with E-state index in [0.29, 0.717) is 17.0 Å². The van der Waals surface area contributed by atoms with Gasteiger partial charge in [0, 0.05) is 17.5 Å². The summed E-state index contributed by atoms with van der Waals surface area (Å²) >= 11 is 5.94. The lowest BCUT2D eigenvalue weighted by molar-refractivity contribution is 0.0691. The van der Waals surface area contributed by atoms with Crippen molar-refractivity contribution >= 4 is 34.2 Å². The van der Waals surface area contributed by atoms with Gasteiger partial charge in [-0.3, -0.25) is 9.36 Å². The monoisotopic (exact) mass is 478 g/mol. The van der Waals surface area contributed by atoms with Crippen LogP contribution in [-0.2, 0) is 12.0 Å². The molecule has 0 unspecified atom stereocenters. The van der Waals surface area contributed by atoms with Crippen LogP contribution in [0.3, 0.4) is 0 Å². The number of nitrogens with zero attached hydrogens (tertiary/aromatic N) is 3. The molecular weight excluding hydrogens is 452 g/mol. The number of carboxylic acid groups (broad SMARTS) is 1. The minimum Gasteiger partial charge on any atom is -0.476 e. The molecule has 1 aliphatic heterocycles. The standard InChI is InChI=1S/C26H27ClN4O3/c1-14(28-19-6-7-20(27)29-22(19)24(33)34)17-12-16(15-4-5-15)13-18-21(17)30-25-26(8-2-3-9-26)10-11-31(25)23(18)32/h6-7,12-15,28H,2-5,8-11H2,1H3,(H,33,34)/t14-/m1/s1. The Morgan fingerprint density at radius 2 is 1.97 bits per heavy atom. The SMILES string of the molecule is C[C@@H](Nc1ccc(Cl)nc1C(=O)O)c1cc(C2CC2)cc2c(=O)n3c(nc12)C1(CCCC1)CC3. The van der Waals surface area contributed by atoms with Crippen molar-refractivity contribution in [3.63, 3.8) is 0 Å². The van der Waals surface area contributed by atoms with Crippen molar-refractivity contribution in [2.45, 2.75) is 75.8 Å². The molecule has 2 aromatic heterocycles. The van der Waals surface area contributed by atoms with Crippen molar-refractivity contribution in [3.8, 4) is 0 Å². The highest BCUT2D eigenvalue weighted by Gasteiger charge is 2.44. The summed E-state index contributed by atoms with van der Waals surface area (Å²) in [5, 5.41) is 13.7. The number of benzene rings is 1. The van der Waals surface area contributed by atoms with Gasteiger partial charge in [-0.2, -0.15) is 0 Å². The number of nitrogens with one attached hydrogen (secondary N) is 1. The van der Waals surface area contributed by atoms with Crippen molar-refractivity contribution < 1.29 is 9.90 Å². The van der Waals surface area contributed by atoms with Crippen LogP contribution in [0.5, 0.6) is 0 Å². The van der Waals surface area contributed by atoms with Crippen molar-refractivity contribution in [1.82, 2.24) is 14.5 Å². The van der Waals surface area contributed by atoms with Gasteiger partial charge in [-0.25, -0.2) is 14.8 Å². The number of hydrogen-bond donors (Lipinski definition) is 2. The zero-order valence-corrected chi connectivity index (χ0v) is 19.9. The van der Waals surface area contributed by atoms with E-state index in [4.69, 9.17) is 16.6 Å². The predicted molar refractivity (Wildman–Crippen MR) is 131 cm³/mol. The molecule has 8 heteroatoms. The predicted octanol–water partition coefficient (Wildman–Crippen LogP) is 5.41. The van der Waals surface area contributed by atoms with Crippen LogP contribution < -0.4 is 10.9 Å². The minimum atomic E-state index is -1.15. The van der Waals surface area contributed by atoms with Gasteiger partial charge in [0.25, 0.3) is 5.56 Å². The summed E-state index contributed by atoms with van der Waals surface area (Å²) in [7, 11) is 0. The number of pyridine rings is 1. The first-order valence-corrected chi connectivity index (χ1v) is 12.5. The lowest BCUT2D eigenvalue weighted by Gasteiger charge is -2.24. The van der Waals surface area contributed by atoms with Crippen LogP contribution in [0.1, 0.15) is 91.3 Å². The lowest BCUT2D eigenvalue weighted by atomic mass is 9.84. The summed E-state index contributed by atoms with van der Waals surface area (Å²) in [4.78, 5) is 34.6. The summed E-state index contributed by atoms with van der Waals surface area (Å²) in [6, 6.07) is 7.12. The van der Waals surface area contributed by atoms with Gasteiger partial charge in [0.05, 0.1) is 22.6 Å². The molecule has 3 aliphatic rings. The maximum Gasteiger partial charge on any atom is 0.356 e. The first kappa shape index (κ1) is 21.6. The number of fused-ring (bicyclic) bond motifs is 3. The highest BCUT2D eigenvalue weighted by molar-refractivity contribution is 6.29. The van der Waals surface area contributed by atoms with Crippen LogP contribution in [-0.4, -0.2) is 25.6 Å². The minimum absolute atomic E-state index is 0.0209. The van der Waals surface area contributed by atoms with Crippen molar-refractivity contribution in [1.29, 1.82) is 0 Å². The lowest BCUT2D eigenvalue weighted by Crippen LogP contribution is -2.27. The molecule has 0 amide bonds. The number of aromatic carboxylic acids is 1. The zero-order chi connectivity index (χ0) is 23.6. The Morgan fingerprint density at radius 3 is 2.68 bits per heavy atom.